The fourth-order valence-electron chi connectivity index (χ4n) is 3.76. The molecule has 27 heavy (non-hydrogen) atoms. The second-order valence-electron chi connectivity index (χ2n) is 6.68. The Morgan fingerprint density at radius 2 is 1.07 bits per heavy atom. The van der Waals surface area contributed by atoms with Crippen LogP contribution in [0, 0.1) is 0 Å². The van der Waals surface area contributed by atoms with Crippen LogP contribution in [-0.2, 0) is 4.57 Å². The first-order valence-corrected chi connectivity index (χ1v) is 10.7. The van der Waals surface area contributed by atoms with Crippen LogP contribution in [0.25, 0.3) is 21.8 Å². The molecule has 0 aliphatic rings. The van der Waals surface area contributed by atoms with Gasteiger partial charge in [0.25, 0.3) is 0 Å². The van der Waals surface area contributed by atoms with Crippen molar-refractivity contribution in [3.05, 3.63) is 103 Å². The minimum absolute atomic E-state index is 0.857. The van der Waals surface area contributed by atoms with Gasteiger partial charge in [-0.05, 0) is 24.3 Å². The number of hydrogen-bond acceptors (Lipinski definition) is 1. The number of rotatable bonds is 3. The van der Waals surface area contributed by atoms with Crippen LogP contribution in [0.15, 0.2) is 103 Å². The van der Waals surface area contributed by atoms with Gasteiger partial charge in [-0.3, -0.25) is 0 Å². The summed E-state index contributed by atoms with van der Waals surface area (Å²) >= 11 is 0. The van der Waals surface area contributed by atoms with E-state index in [0.29, 0.717) is 0 Å². The summed E-state index contributed by atoms with van der Waals surface area (Å²) in [6, 6.07) is 34.0. The van der Waals surface area contributed by atoms with E-state index in [1.807, 2.05) is 84.9 Å². The van der Waals surface area contributed by atoms with Crippen molar-refractivity contribution in [2.45, 2.75) is 0 Å². The molecule has 0 atom stereocenters. The number of aromatic nitrogens is 1. The van der Waals surface area contributed by atoms with Gasteiger partial charge in [-0.1, -0.05) is 78.9 Å². The lowest BCUT2D eigenvalue weighted by Gasteiger charge is -2.20. The second kappa shape index (κ2) is 6.26. The number of fused-ring (bicyclic) bond motifs is 3. The van der Waals surface area contributed by atoms with Gasteiger partial charge in [0, 0.05) is 37.7 Å². The summed E-state index contributed by atoms with van der Waals surface area (Å²) in [4.78, 5) is 3.45. The molecule has 2 nitrogen and oxygen atoms in total. The molecule has 0 amide bonds. The highest BCUT2D eigenvalue weighted by atomic mass is 31.2. The maximum atomic E-state index is 14.5. The first-order valence-electron chi connectivity index (χ1n) is 8.99. The molecule has 0 fully saturated rings. The highest BCUT2D eigenvalue weighted by Gasteiger charge is 2.29. The van der Waals surface area contributed by atoms with E-state index in [2.05, 4.69) is 23.2 Å². The summed E-state index contributed by atoms with van der Waals surface area (Å²) < 4.78 is 14.5. The summed E-state index contributed by atoms with van der Waals surface area (Å²) in [5, 5.41) is 4.83. The van der Waals surface area contributed by atoms with Crippen LogP contribution in [0.5, 0.6) is 0 Å². The molecule has 0 saturated carbocycles. The number of nitrogens with one attached hydrogen (secondary N) is 1. The van der Waals surface area contributed by atoms with E-state index in [9.17, 15) is 4.57 Å². The average molecular weight is 367 g/mol. The summed E-state index contributed by atoms with van der Waals surface area (Å²) in [5.41, 5.74) is 2.16. The number of para-hydroxylation sites is 1. The lowest BCUT2D eigenvalue weighted by atomic mass is 10.1. The molecule has 5 aromatic rings. The van der Waals surface area contributed by atoms with Crippen LogP contribution >= 0.6 is 7.14 Å². The van der Waals surface area contributed by atoms with Gasteiger partial charge in [0.1, 0.15) is 0 Å². The SMILES string of the molecule is O=P(c1ccccc1)(c1ccccc1)c1ccc2[nH]c3ccccc3c2c1. The highest BCUT2D eigenvalue weighted by Crippen LogP contribution is 2.43. The van der Waals surface area contributed by atoms with Crippen molar-refractivity contribution >= 4 is 44.9 Å². The fraction of sp³-hybridized carbons (Fsp3) is 0. The molecular formula is C24H18NOP. The largest absolute Gasteiger partial charge is 0.355 e. The first-order chi connectivity index (χ1) is 13.3. The number of H-pyrrole nitrogens is 1. The van der Waals surface area contributed by atoms with Crippen molar-refractivity contribution in [1.29, 1.82) is 0 Å². The number of benzene rings is 4. The van der Waals surface area contributed by atoms with Gasteiger partial charge < -0.3 is 9.55 Å². The third-order valence-electron chi connectivity index (χ3n) is 5.09. The van der Waals surface area contributed by atoms with Gasteiger partial charge >= 0.3 is 0 Å². The van der Waals surface area contributed by atoms with Crippen molar-refractivity contribution < 1.29 is 4.57 Å². The number of aromatic amines is 1. The van der Waals surface area contributed by atoms with E-state index in [-0.39, 0.29) is 0 Å². The molecule has 1 aromatic heterocycles. The summed E-state index contributed by atoms with van der Waals surface area (Å²) in [7, 11) is -2.95. The predicted molar refractivity (Wildman–Crippen MR) is 115 cm³/mol. The van der Waals surface area contributed by atoms with Crippen LogP contribution in [0.1, 0.15) is 0 Å². The van der Waals surface area contributed by atoms with Crippen molar-refractivity contribution in [1.82, 2.24) is 4.98 Å². The van der Waals surface area contributed by atoms with Crippen molar-refractivity contribution in [2.75, 3.05) is 0 Å². The van der Waals surface area contributed by atoms with Gasteiger partial charge in [-0.15, -0.1) is 0 Å². The smallest absolute Gasteiger partial charge is 0.171 e. The molecule has 0 radical (unpaired) electrons. The normalized spacial score (nSPS) is 11.9. The third kappa shape index (κ3) is 2.53. The first kappa shape index (κ1) is 16.1. The summed E-state index contributed by atoms with van der Waals surface area (Å²) in [5.74, 6) is 0. The van der Waals surface area contributed by atoms with E-state index < -0.39 is 7.14 Å². The number of hydrogen-bond donors (Lipinski definition) is 1. The van der Waals surface area contributed by atoms with E-state index in [1.165, 1.54) is 0 Å². The van der Waals surface area contributed by atoms with Gasteiger partial charge in [0.05, 0.1) is 0 Å². The zero-order valence-corrected chi connectivity index (χ0v) is 15.6. The van der Waals surface area contributed by atoms with Gasteiger partial charge in [-0.2, -0.15) is 0 Å². The zero-order chi connectivity index (χ0) is 18.3. The van der Waals surface area contributed by atoms with Gasteiger partial charge in [0.2, 0.25) is 0 Å². The second-order valence-corrected chi connectivity index (χ2v) is 9.45. The molecule has 0 saturated heterocycles. The average Bonchev–Trinajstić information content (AvgIpc) is 3.12. The summed E-state index contributed by atoms with van der Waals surface area (Å²) in [6.45, 7) is 0. The van der Waals surface area contributed by atoms with E-state index >= 15 is 0 Å². The van der Waals surface area contributed by atoms with Crippen LogP contribution < -0.4 is 15.9 Å². The lowest BCUT2D eigenvalue weighted by molar-refractivity contribution is 0.592. The van der Waals surface area contributed by atoms with Crippen LogP contribution in [0.4, 0.5) is 0 Å². The van der Waals surface area contributed by atoms with E-state index in [1.54, 1.807) is 0 Å². The molecule has 0 aliphatic heterocycles. The lowest BCUT2D eigenvalue weighted by Crippen LogP contribution is -2.24. The van der Waals surface area contributed by atoms with E-state index in [4.69, 9.17) is 0 Å². The van der Waals surface area contributed by atoms with Crippen LogP contribution in [0.2, 0.25) is 0 Å². The van der Waals surface area contributed by atoms with Gasteiger partial charge in [0.15, 0.2) is 7.14 Å². The zero-order valence-electron chi connectivity index (χ0n) is 14.7. The standard InChI is InChI=1S/C24H18NOP/c26-27(18-9-3-1-4-10-18,19-11-5-2-6-12-19)20-15-16-24-22(17-20)21-13-7-8-14-23(21)25-24/h1-17,25H. The van der Waals surface area contributed by atoms with Crippen molar-refractivity contribution in [3.8, 4) is 0 Å². The highest BCUT2D eigenvalue weighted by molar-refractivity contribution is 7.85. The Bertz CT molecular complexity index is 1250. The Labute approximate surface area is 157 Å². The molecule has 5 rings (SSSR count). The molecular weight excluding hydrogens is 349 g/mol. The maximum Gasteiger partial charge on any atom is 0.171 e. The molecule has 0 bridgehead atoms. The van der Waals surface area contributed by atoms with E-state index in [0.717, 1.165) is 37.7 Å². The Kier molecular flexibility index (Phi) is 3.74. The minimum Gasteiger partial charge on any atom is -0.355 e. The quantitative estimate of drug-likeness (QED) is 0.449. The molecule has 3 heteroatoms. The predicted octanol–water partition coefficient (Wildman–Crippen LogP) is 4.96. The maximum absolute atomic E-state index is 14.5. The minimum atomic E-state index is -2.95. The monoisotopic (exact) mass is 367 g/mol. The van der Waals surface area contributed by atoms with Crippen molar-refractivity contribution in [2.24, 2.45) is 0 Å². The molecule has 0 unspecified atom stereocenters. The summed E-state index contributed by atoms with van der Waals surface area (Å²) in [6.07, 6.45) is 0. The Morgan fingerprint density at radius 1 is 0.519 bits per heavy atom. The molecule has 130 valence electrons. The molecule has 0 aliphatic carbocycles. The molecule has 1 heterocycles. The van der Waals surface area contributed by atoms with Crippen molar-refractivity contribution in [3.63, 3.8) is 0 Å². The topological polar surface area (TPSA) is 32.9 Å². The molecule has 0 spiro atoms. The molecule has 1 N–H and O–H groups in total. The Morgan fingerprint density at radius 3 is 1.74 bits per heavy atom. The van der Waals surface area contributed by atoms with Crippen LogP contribution in [-0.4, -0.2) is 4.98 Å². The Balaban J connectivity index is 1.82. The third-order valence-corrected chi connectivity index (χ3v) is 8.15. The molecule has 4 aromatic carbocycles. The van der Waals surface area contributed by atoms with Crippen LogP contribution in [0.3, 0.4) is 0 Å². The Hall–Kier alpha value is -3.09. The van der Waals surface area contributed by atoms with Gasteiger partial charge in [-0.25, -0.2) is 0 Å². The fourth-order valence-corrected chi connectivity index (χ4v) is 6.43.